The van der Waals surface area contributed by atoms with Crippen LogP contribution in [0.4, 0.5) is 34.1 Å². The summed E-state index contributed by atoms with van der Waals surface area (Å²) in [7, 11) is -18.2. The van der Waals surface area contributed by atoms with Gasteiger partial charge in [0.1, 0.15) is 16.3 Å². The van der Waals surface area contributed by atoms with E-state index in [-0.39, 0.29) is 27.6 Å². The molecule has 0 amide bonds. The summed E-state index contributed by atoms with van der Waals surface area (Å²) in [4.78, 5) is -1.50. The molecule has 3 rings (SSSR count). The predicted octanol–water partition coefficient (Wildman–Crippen LogP) is 2.77. The van der Waals surface area contributed by atoms with Gasteiger partial charge in [0.15, 0.2) is 9.84 Å². The van der Waals surface area contributed by atoms with Crippen molar-refractivity contribution in [2.24, 2.45) is 20.5 Å². The van der Waals surface area contributed by atoms with Gasteiger partial charge in [-0.1, -0.05) is 0 Å². The molecule has 0 fully saturated rings. The van der Waals surface area contributed by atoms with E-state index in [1.807, 2.05) is 0 Å². The standard InChI is InChI=1S/C20H20N6O12S4/c21-18-16(25-23-12-1-5-14(6-2-12)39(27,28)10-9-38-42(35,36)37)11-17(41(32,33)34)19(22)20(18)26-24-13-3-7-15(8-4-13)40(29,30)31/h1-8,11H,9-10,21-22H2,(H,29,30,31)(H,32,33,34)(H,35,36,37). The van der Waals surface area contributed by atoms with Crippen molar-refractivity contribution < 1.29 is 51.5 Å². The molecule has 0 saturated carbocycles. The fourth-order valence-electron chi connectivity index (χ4n) is 3.06. The highest BCUT2D eigenvalue weighted by molar-refractivity contribution is 7.91. The van der Waals surface area contributed by atoms with E-state index in [4.69, 9.17) is 20.6 Å². The Morgan fingerprint density at radius 2 is 1.14 bits per heavy atom. The Bertz CT molecular complexity index is 1990. The molecule has 18 nitrogen and oxygen atoms in total. The average molecular weight is 665 g/mol. The Kier molecular flexibility index (Phi) is 9.43. The van der Waals surface area contributed by atoms with Crippen LogP contribution >= 0.6 is 0 Å². The lowest BCUT2D eigenvalue weighted by Crippen LogP contribution is -2.15. The van der Waals surface area contributed by atoms with Gasteiger partial charge in [0.2, 0.25) is 0 Å². The third kappa shape index (κ3) is 8.56. The van der Waals surface area contributed by atoms with Gasteiger partial charge in [0.05, 0.1) is 44.9 Å². The summed E-state index contributed by atoms with van der Waals surface area (Å²) >= 11 is 0. The average Bonchev–Trinajstić information content (AvgIpc) is 2.86. The van der Waals surface area contributed by atoms with E-state index >= 15 is 0 Å². The van der Waals surface area contributed by atoms with Crippen molar-refractivity contribution in [2.75, 3.05) is 23.8 Å². The number of hydrogen-bond acceptors (Lipinski definition) is 15. The lowest BCUT2D eigenvalue weighted by Gasteiger charge is -2.10. The van der Waals surface area contributed by atoms with Gasteiger partial charge in [-0.25, -0.2) is 12.6 Å². The van der Waals surface area contributed by atoms with Crippen molar-refractivity contribution in [2.45, 2.75) is 14.7 Å². The van der Waals surface area contributed by atoms with Gasteiger partial charge in [0, 0.05) is 0 Å². The number of anilines is 2. The Morgan fingerprint density at radius 1 is 0.643 bits per heavy atom. The second-order valence-electron chi connectivity index (χ2n) is 7.98. The van der Waals surface area contributed by atoms with Gasteiger partial charge in [-0.05, 0) is 54.6 Å². The van der Waals surface area contributed by atoms with E-state index in [1.54, 1.807) is 0 Å². The predicted molar refractivity (Wildman–Crippen MR) is 146 cm³/mol. The molecule has 3 aromatic carbocycles. The normalized spacial score (nSPS) is 13.2. The zero-order valence-electron chi connectivity index (χ0n) is 20.7. The second kappa shape index (κ2) is 12.1. The Hall–Kier alpha value is -3.90. The SMILES string of the molecule is Nc1c(N=Nc2ccc(S(=O)(=O)CCOS(=O)(=O)O)cc2)cc(S(=O)(=O)O)c(N)c1N=Nc1ccc(S(=O)(=O)O)cc1. The quantitative estimate of drug-likeness (QED) is 0.112. The molecule has 7 N–H and O–H groups in total. The fraction of sp³-hybridized carbons (Fsp3) is 0.100. The first kappa shape index (κ1) is 32.6. The van der Waals surface area contributed by atoms with Crippen molar-refractivity contribution in [3.05, 3.63) is 54.6 Å². The summed E-state index contributed by atoms with van der Waals surface area (Å²) in [6, 6.07) is 9.80. The molecule has 0 spiro atoms. The van der Waals surface area contributed by atoms with Crippen molar-refractivity contribution in [3.8, 4) is 0 Å². The van der Waals surface area contributed by atoms with Gasteiger partial charge in [-0.3, -0.25) is 13.7 Å². The minimum Gasteiger partial charge on any atom is -0.396 e. The number of azo groups is 2. The molecule has 0 aliphatic carbocycles. The molecular weight excluding hydrogens is 645 g/mol. The van der Waals surface area contributed by atoms with Crippen LogP contribution in [-0.4, -0.2) is 59.7 Å². The molecule has 0 atom stereocenters. The molecule has 0 heterocycles. The van der Waals surface area contributed by atoms with E-state index in [1.165, 1.54) is 12.1 Å². The second-order valence-corrected chi connectivity index (χ2v) is 14.0. The lowest BCUT2D eigenvalue weighted by atomic mass is 10.2. The van der Waals surface area contributed by atoms with Crippen LogP contribution < -0.4 is 11.5 Å². The zero-order chi connectivity index (χ0) is 31.5. The molecule has 3 aromatic rings. The first-order valence-electron chi connectivity index (χ1n) is 10.8. The molecule has 22 heteroatoms. The number of nitrogen functional groups attached to an aromatic ring is 2. The highest BCUT2D eigenvalue weighted by Gasteiger charge is 2.23. The maximum atomic E-state index is 12.3. The van der Waals surface area contributed by atoms with Gasteiger partial charge >= 0.3 is 10.4 Å². The van der Waals surface area contributed by atoms with E-state index in [0.29, 0.717) is 0 Å². The van der Waals surface area contributed by atoms with Gasteiger partial charge < -0.3 is 11.5 Å². The first-order chi connectivity index (χ1) is 19.3. The minimum atomic E-state index is -4.93. The van der Waals surface area contributed by atoms with Gasteiger partial charge in [0.25, 0.3) is 20.2 Å². The van der Waals surface area contributed by atoms with E-state index in [9.17, 15) is 38.2 Å². The van der Waals surface area contributed by atoms with Gasteiger partial charge in [-0.15, -0.1) is 10.2 Å². The Morgan fingerprint density at radius 3 is 1.62 bits per heavy atom. The minimum absolute atomic E-state index is 0.0428. The Balaban J connectivity index is 1.93. The molecule has 0 bridgehead atoms. The summed E-state index contributed by atoms with van der Waals surface area (Å²) < 4.78 is 123. The number of hydrogen-bond donors (Lipinski definition) is 5. The number of rotatable bonds is 11. The van der Waals surface area contributed by atoms with Crippen molar-refractivity contribution >= 4 is 74.6 Å². The van der Waals surface area contributed by atoms with E-state index in [0.717, 1.165) is 42.5 Å². The summed E-state index contributed by atoms with van der Waals surface area (Å²) in [5.41, 5.74) is 10.3. The third-order valence-electron chi connectivity index (χ3n) is 5.05. The number of benzene rings is 3. The highest BCUT2D eigenvalue weighted by atomic mass is 32.3. The van der Waals surface area contributed by atoms with Crippen molar-refractivity contribution in [3.63, 3.8) is 0 Å². The molecule has 226 valence electrons. The van der Waals surface area contributed by atoms with Crippen LogP contribution in [0.15, 0.2) is 89.7 Å². The number of nitrogens with two attached hydrogens (primary N) is 2. The lowest BCUT2D eigenvalue weighted by molar-refractivity contribution is 0.284. The van der Waals surface area contributed by atoms with Crippen LogP contribution in [0.5, 0.6) is 0 Å². The third-order valence-corrected chi connectivity index (χ3v) is 8.97. The maximum Gasteiger partial charge on any atom is 0.397 e. The largest absolute Gasteiger partial charge is 0.397 e. The highest BCUT2D eigenvalue weighted by Crippen LogP contribution is 2.43. The fourth-order valence-corrected chi connectivity index (χ4v) is 5.66. The van der Waals surface area contributed by atoms with E-state index < -0.39 is 74.0 Å². The van der Waals surface area contributed by atoms with Crippen LogP contribution in [-0.2, 0) is 44.7 Å². The molecule has 42 heavy (non-hydrogen) atoms. The van der Waals surface area contributed by atoms with Crippen molar-refractivity contribution in [1.82, 2.24) is 0 Å². The summed E-state index contributed by atoms with van der Waals surface area (Å²) in [6.07, 6.45) is 0. The van der Waals surface area contributed by atoms with Crippen molar-refractivity contribution in [1.29, 1.82) is 0 Å². The monoisotopic (exact) mass is 664 g/mol. The topological polar surface area (TPSA) is 308 Å². The molecule has 0 aliphatic heterocycles. The number of sulfone groups is 1. The van der Waals surface area contributed by atoms with Crippen LogP contribution in [0.2, 0.25) is 0 Å². The zero-order valence-corrected chi connectivity index (χ0v) is 24.0. The first-order valence-corrected chi connectivity index (χ1v) is 16.7. The van der Waals surface area contributed by atoms with Crippen LogP contribution in [0.1, 0.15) is 0 Å². The molecule has 0 aromatic heterocycles. The summed E-state index contributed by atoms with van der Waals surface area (Å²) in [5.74, 6) is -0.768. The maximum absolute atomic E-state index is 12.3. The van der Waals surface area contributed by atoms with E-state index in [2.05, 4.69) is 24.6 Å². The molecule has 0 aliphatic rings. The van der Waals surface area contributed by atoms with Crippen LogP contribution in [0, 0.1) is 0 Å². The molecule has 0 unspecified atom stereocenters. The van der Waals surface area contributed by atoms with Crippen LogP contribution in [0.25, 0.3) is 0 Å². The summed E-state index contributed by atoms with van der Waals surface area (Å²) in [6.45, 7) is -0.829. The van der Waals surface area contributed by atoms with Gasteiger partial charge in [-0.2, -0.15) is 35.5 Å². The van der Waals surface area contributed by atoms with Crippen LogP contribution in [0.3, 0.4) is 0 Å². The summed E-state index contributed by atoms with van der Waals surface area (Å²) in [5, 5.41) is 15.3. The molecule has 0 saturated heterocycles. The molecular formula is C20H20N6O12S4. The number of nitrogens with zero attached hydrogens (tertiary/aromatic N) is 4. The molecule has 0 radical (unpaired) electrons. The smallest absolute Gasteiger partial charge is 0.396 e. The Labute approximate surface area is 239 Å².